The third-order valence-electron chi connectivity index (χ3n) is 4.59. The van der Waals surface area contributed by atoms with E-state index < -0.39 is 22.7 Å². The van der Waals surface area contributed by atoms with E-state index in [2.05, 4.69) is 21.2 Å². The molecule has 1 saturated heterocycles. The molecule has 10 heteroatoms. The van der Waals surface area contributed by atoms with Gasteiger partial charge in [-0.2, -0.15) is 0 Å². The van der Waals surface area contributed by atoms with Gasteiger partial charge in [0.05, 0.1) is 11.5 Å². The number of nitro benzene ring substituents is 1. The van der Waals surface area contributed by atoms with E-state index in [0.29, 0.717) is 15.8 Å². The monoisotopic (exact) mass is 485 g/mol. The van der Waals surface area contributed by atoms with E-state index in [0.717, 1.165) is 4.90 Å². The average molecular weight is 486 g/mol. The Morgan fingerprint density at radius 2 is 1.94 bits per heavy atom. The summed E-state index contributed by atoms with van der Waals surface area (Å²) in [6, 6.07) is 12.7. The molecule has 1 aliphatic heterocycles. The van der Waals surface area contributed by atoms with Gasteiger partial charge in [-0.1, -0.05) is 18.2 Å². The predicted molar refractivity (Wildman–Crippen MR) is 112 cm³/mol. The van der Waals surface area contributed by atoms with Crippen LogP contribution in [0.1, 0.15) is 11.3 Å². The summed E-state index contributed by atoms with van der Waals surface area (Å²) in [5, 5.41) is 13.3. The van der Waals surface area contributed by atoms with Crippen LogP contribution in [0.3, 0.4) is 0 Å². The first-order chi connectivity index (χ1) is 14.8. The molecule has 2 aromatic carbocycles. The standard InChI is InChI=1S/C21H13BrFN3O5/c22-16-9-13(26(29)30)5-7-15(16)19-8-6-14(31-19)10-18-20(27)25(21(28)24-18)11-12-3-1-2-4-17(12)23/h1-10H,11H2,(H,24,28)/b18-10-. The number of rotatable bonds is 5. The summed E-state index contributed by atoms with van der Waals surface area (Å²) in [4.78, 5) is 36.1. The van der Waals surface area contributed by atoms with Gasteiger partial charge >= 0.3 is 6.03 Å². The summed E-state index contributed by atoms with van der Waals surface area (Å²) in [5.74, 6) is -0.419. The molecule has 3 amide bonds. The van der Waals surface area contributed by atoms with Gasteiger partial charge in [0.2, 0.25) is 0 Å². The van der Waals surface area contributed by atoms with E-state index in [4.69, 9.17) is 4.42 Å². The van der Waals surface area contributed by atoms with E-state index in [1.807, 2.05) is 0 Å². The average Bonchev–Trinajstić information content (AvgIpc) is 3.29. The lowest BCUT2D eigenvalue weighted by Crippen LogP contribution is -2.30. The molecule has 2 heterocycles. The predicted octanol–water partition coefficient (Wildman–Crippen LogP) is 4.85. The molecular formula is C21H13BrFN3O5. The summed E-state index contributed by atoms with van der Waals surface area (Å²) in [5.41, 5.74) is 0.720. The van der Waals surface area contributed by atoms with Gasteiger partial charge < -0.3 is 9.73 Å². The number of furan rings is 1. The zero-order chi connectivity index (χ0) is 22.1. The normalized spacial score (nSPS) is 14.9. The summed E-state index contributed by atoms with van der Waals surface area (Å²) in [6.07, 6.45) is 1.37. The molecule has 0 spiro atoms. The Hall–Kier alpha value is -3.79. The van der Waals surface area contributed by atoms with Gasteiger partial charge in [0.15, 0.2) is 0 Å². The van der Waals surface area contributed by atoms with E-state index in [1.165, 1.54) is 42.5 Å². The Balaban J connectivity index is 1.56. The number of nitrogens with one attached hydrogen (secondary N) is 1. The molecule has 0 aliphatic carbocycles. The number of halogens is 2. The van der Waals surface area contributed by atoms with E-state index in [9.17, 15) is 24.1 Å². The van der Waals surface area contributed by atoms with Crippen molar-refractivity contribution in [2.75, 3.05) is 0 Å². The Labute approximate surface area is 183 Å². The highest BCUT2D eigenvalue weighted by atomic mass is 79.9. The Morgan fingerprint density at radius 1 is 1.16 bits per heavy atom. The van der Waals surface area contributed by atoms with Gasteiger partial charge in [0.25, 0.3) is 11.6 Å². The molecule has 4 rings (SSSR count). The van der Waals surface area contributed by atoms with Crippen LogP contribution in [0.2, 0.25) is 0 Å². The second-order valence-electron chi connectivity index (χ2n) is 6.59. The molecule has 1 N–H and O–H groups in total. The lowest BCUT2D eigenvalue weighted by molar-refractivity contribution is -0.384. The van der Waals surface area contributed by atoms with Gasteiger partial charge in [-0.05, 0) is 40.2 Å². The van der Waals surface area contributed by atoms with Crippen molar-refractivity contribution >= 4 is 39.6 Å². The highest BCUT2D eigenvalue weighted by Crippen LogP contribution is 2.33. The molecular weight excluding hydrogens is 473 g/mol. The number of hydrogen-bond donors (Lipinski definition) is 1. The fourth-order valence-electron chi connectivity index (χ4n) is 3.05. The van der Waals surface area contributed by atoms with Crippen molar-refractivity contribution in [1.82, 2.24) is 10.2 Å². The number of nitrogens with zero attached hydrogens (tertiary/aromatic N) is 2. The second-order valence-corrected chi connectivity index (χ2v) is 7.45. The molecule has 156 valence electrons. The van der Waals surface area contributed by atoms with E-state index >= 15 is 0 Å². The minimum Gasteiger partial charge on any atom is -0.457 e. The molecule has 0 atom stereocenters. The third-order valence-corrected chi connectivity index (χ3v) is 5.25. The van der Waals surface area contributed by atoms with Crippen LogP contribution in [-0.2, 0) is 11.3 Å². The van der Waals surface area contributed by atoms with Crippen LogP contribution in [0.25, 0.3) is 17.4 Å². The number of amides is 3. The van der Waals surface area contributed by atoms with Crippen LogP contribution in [0.4, 0.5) is 14.9 Å². The minimum absolute atomic E-state index is 0.00926. The first kappa shape index (κ1) is 20.5. The van der Waals surface area contributed by atoms with Gasteiger partial charge in [0.1, 0.15) is 23.0 Å². The minimum atomic E-state index is -0.663. The zero-order valence-electron chi connectivity index (χ0n) is 15.7. The van der Waals surface area contributed by atoms with Crippen molar-refractivity contribution in [1.29, 1.82) is 0 Å². The van der Waals surface area contributed by atoms with E-state index in [-0.39, 0.29) is 29.3 Å². The number of urea groups is 1. The quantitative estimate of drug-likeness (QED) is 0.240. The highest BCUT2D eigenvalue weighted by Gasteiger charge is 2.34. The highest BCUT2D eigenvalue weighted by molar-refractivity contribution is 9.10. The second kappa shape index (κ2) is 8.15. The summed E-state index contributed by atoms with van der Waals surface area (Å²) < 4.78 is 20.0. The first-order valence-corrected chi connectivity index (χ1v) is 9.75. The molecule has 1 aromatic heterocycles. The largest absolute Gasteiger partial charge is 0.457 e. The Bertz CT molecular complexity index is 1250. The molecule has 0 radical (unpaired) electrons. The Kier molecular flexibility index (Phi) is 5.38. The molecule has 3 aromatic rings. The van der Waals surface area contributed by atoms with Crippen molar-refractivity contribution in [2.24, 2.45) is 0 Å². The van der Waals surface area contributed by atoms with Gasteiger partial charge in [0, 0.05) is 33.8 Å². The van der Waals surface area contributed by atoms with E-state index in [1.54, 1.807) is 18.2 Å². The lowest BCUT2D eigenvalue weighted by Gasteiger charge is -2.12. The SMILES string of the molecule is O=C1N/C(=C\c2ccc(-c3ccc([N+](=O)[O-])cc3Br)o2)C(=O)N1Cc1ccccc1F. The fraction of sp³-hybridized carbons (Fsp3) is 0.0476. The molecule has 1 fully saturated rings. The maximum absolute atomic E-state index is 13.9. The number of nitro groups is 1. The topological polar surface area (TPSA) is 106 Å². The van der Waals surface area contributed by atoms with Crippen molar-refractivity contribution in [3.8, 4) is 11.3 Å². The number of hydrogen-bond acceptors (Lipinski definition) is 5. The number of benzene rings is 2. The maximum atomic E-state index is 13.9. The summed E-state index contributed by atoms with van der Waals surface area (Å²) in [7, 11) is 0. The number of carbonyl (C=O) groups excluding carboxylic acids is 2. The van der Waals surface area contributed by atoms with Crippen LogP contribution in [0, 0.1) is 15.9 Å². The number of imide groups is 1. The maximum Gasteiger partial charge on any atom is 0.329 e. The molecule has 0 bridgehead atoms. The van der Waals surface area contributed by atoms with Crippen molar-refractivity contribution < 1.29 is 23.3 Å². The first-order valence-electron chi connectivity index (χ1n) is 8.95. The van der Waals surface area contributed by atoms with Crippen LogP contribution < -0.4 is 5.32 Å². The van der Waals surface area contributed by atoms with Crippen molar-refractivity contribution in [3.05, 3.63) is 92.0 Å². The van der Waals surface area contributed by atoms with Crippen molar-refractivity contribution in [3.63, 3.8) is 0 Å². The zero-order valence-corrected chi connectivity index (χ0v) is 17.3. The summed E-state index contributed by atoms with van der Waals surface area (Å²) in [6.45, 7) is -0.201. The summed E-state index contributed by atoms with van der Waals surface area (Å²) >= 11 is 3.28. The fourth-order valence-corrected chi connectivity index (χ4v) is 3.61. The van der Waals surface area contributed by atoms with Crippen LogP contribution in [0.15, 0.2) is 69.2 Å². The molecule has 1 aliphatic rings. The molecule has 8 nitrogen and oxygen atoms in total. The van der Waals surface area contributed by atoms with Crippen LogP contribution in [-0.4, -0.2) is 21.8 Å². The van der Waals surface area contributed by atoms with Crippen molar-refractivity contribution in [2.45, 2.75) is 6.54 Å². The number of non-ortho nitro benzene ring substituents is 1. The molecule has 0 saturated carbocycles. The number of carbonyl (C=O) groups is 2. The van der Waals surface area contributed by atoms with Gasteiger partial charge in [-0.15, -0.1) is 0 Å². The van der Waals surface area contributed by atoms with Gasteiger partial charge in [-0.25, -0.2) is 9.18 Å². The lowest BCUT2D eigenvalue weighted by atomic mass is 10.1. The van der Waals surface area contributed by atoms with Gasteiger partial charge in [-0.3, -0.25) is 19.8 Å². The molecule has 0 unspecified atom stereocenters. The van der Waals surface area contributed by atoms with Crippen LogP contribution >= 0.6 is 15.9 Å². The van der Waals surface area contributed by atoms with Crippen LogP contribution in [0.5, 0.6) is 0 Å². The third kappa shape index (κ3) is 4.10. The smallest absolute Gasteiger partial charge is 0.329 e. The molecule has 31 heavy (non-hydrogen) atoms. The Morgan fingerprint density at radius 3 is 2.65 bits per heavy atom.